The number of ether oxygens (including phenoxy) is 2. The van der Waals surface area contributed by atoms with Crippen molar-refractivity contribution in [3.8, 4) is 11.5 Å². The first-order chi connectivity index (χ1) is 12.9. The van der Waals surface area contributed by atoms with Crippen LogP contribution in [-0.4, -0.2) is 41.8 Å². The van der Waals surface area contributed by atoms with E-state index in [-0.39, 0.29) is 18.6 Å². The third kappa shape index (κ3) is 5.07. The van der Waals surface area contributed by atoms with Gasteiger partial charge in [-0.15, -0.1) is 0 Å². The number of carbonyl (C=O) groups is 1. The van der Waals surface area contributed by atoms with Gasteiger partial charge in [0, 0.05) is 5.41 Å². The van der Waals surface area contributed by atoms with Gasteiger partial charge in [0.2, 0.25) is 0 Å². The van der Waals surface area contributed by atoms with Gasteiger partial charge in [0.15, 0.2) is 0 Å². The lowest BCUT2D eigenvalue weighted by Gasteiger charge is -2.27. The molecule has 0 saturated carbocycles. The quantitative estimate of drug-likeness (QED) is 0.388. The van der Waals surface area contributed by atoms with E-state index in [2.05, 4.69) is 18.5 Å². The molecule has 0 aromatic heterocycles. The molecule has 7 heteroatoms. The highest BCUT2D eigenvalue weighted by Gasteiger charge is 2.26. The van der Waals surface area contributed by atoms with Crippen molar-refractivity contribution in [2.45, 2.75) is 26.1 Å². The maximum absolute atomic E-state index is 12.4. The number of hydrogen-bond acceptors (Lipinski definition) is 5. The Bertz CT molecular complexity index is 759. The molecule has 0 heterocycles. The van der Waals surface area contributed by atoms with Crippen molar-refractivity contribution in [1.29, 1.82) is 0 Å². The van der Waals surface area contributed by atoms with Gasteiger partial charge >= 0.3 is 13.5 Å². The molecule has 0 atom stereocenters. The molecule has 2 aromatic carbocycles. The monoisotopic (exact) mass is 365 g/mol. The fourth-order valence-electron chi connectivity index (χ4n) is 2.77. The summed E-state index contributed by atoms with van der Waals surface area (Å²) >= 11 is 0. The van der Waals surface area contributed by atoms with Crippen LogP contribution in [0.2, 0.25) is 6.82 Å². The summed E-state index contributed by atoms with van der Waals surface area (Å²) in [6.07, 6.45) is 0. The topological polar surface area (TPSA) is 54.0 Å². The molecule has 0 saturated heterocycles. The number of methoxy groups -OCH3 is 1. The molecule has 0 bridgehead atoms. The molecule has 5 nitrogen and oxygen atoms in total. The molecule has 0 aliphatic heterocycles. The minimum atomic E-state index is -0.483. The lowest BCUT2D eigenvalue weighted by atomic mass is 9.77. The van der Waals surface area contributed by atoms with E-state index in [4.69, 9.17) is 22.2 Å². The average molecular weight is 365 g/mol. The highest BCUT2D eigenvalue weighted by atomic mass is 16.5. The van der Waals surface area contributed by atoms with E-state index in [1.54, 1.807) is 19.6 Å². The highest BCUT2D eigenvalue weighted by molar-refractivity contribution is 6.26. The largest absolute Gasteiger partial charge is 0.564 e. The van der Waals surface area contributed by atoms with E-state index in [1.807, 2.05) is 37.2 Å². The molecule has 0 aliphatic carbocycles. The van der Waals surface area contributed by atoms with Gasteiger partial charge in [-0.1, -0.05) is 38.9 Å². The third-order valence-corrected chi connectivity index (χ3v) is 4.41. The van der Waals surface area contributed by atoms with Crippen molar-refractivity contribution in [3.05, 3.63) is 59.2 Å². The molecule has 0 spiro atoms. The molecule has 139 valence electrons. The first-order valence-corrected chi connectivity index (χ1v) is 8.66. The molecule has 0 fully saturated rings. The van der Waals surface area contributed by atoms with Crippen LogP contribution in [0.1, 0.15) is 35.3 Å². The first-order valence-electron chi connectivity index (χ1n) is 8.66. The van der Waals surface area contributed by atoms with Crippen LogP contribution in [0.15, 0.2) is 42.5 Å². The average Bonchev–Trinajstić information content (AvgIpc) is 2.68. The summed E-state index contributed by atoms with van der Waals surface area (Å²) in [6.45, 7) is 6.21. The normalized spacial score (nSPS) is 11.0. The van der Waals surface area contributed by atoms with Crippen molar-refractivity contribution in [1.82, 2.24) is 0 Å². The summed E-state index contributed by atoms with van der Waals surface area (Å²) < 4.78 is 20.3. The van der Waals surface area contributed by atoms with Crippen LogP contribution in [0.5, 0.6) is 11.5 Å². The van der Waals surface area contributed by atoms with Crippen molar-refractivity contribution >= 4 is 21.5 Å². The van der Waals surface area contributed by atoms with Crippen molar-refractivity contribution < 1.29 is 23.6 Å². The molecule has 2 rings (SSSR count). The molecule has 0 amide bonds. The van der Waals surface area contributed by atoms with Gasteiger partial charge in [-0.25, -0.2) is 4.79 Å². The van der Waals surface area contributed by atoms with E-state index in [1.165, 1.54) is 7.11 Å². The zero-order valence-electron chi connectivity index (χ0n) is 16.2. The number of benzene rings is 2. The number of carbonyl (C=O) groups excluding carboxylic acids is 1. The molecule has 0 N–H and O–H groups in total. The Morgan fingerprint density at radius 2 is 1.74 bits per heavy atom. The zero-order valence-corrected chi connectivity index (χ0v) is 16.2. The second kappa shape index (κ2) is 9.51. The van der Waals surface area contributed by atoms with Crippen molar-refractivity contribution in [2.75, 3.05) is 20.3 Å². The Labute approximate surface area is 162 Å². The lowest BCUT2D eigenvalue weighted by Crippen LogP contribution is -2.20. The van der Waals surface area contributed by atoms with E-state index < -0.39 is 5.97 Å². The molecule has 2 aromatic rings. The van der Waals surface area contributed by atoms with Gasteiger partial charge in [0.05, 0.1) is 19.5 Å². The van der Waals surface area contributed by atoms with Crippen LogP contribution in [-0.2, 0) is 14.8 Å². The fraction of sp³-hybridized carbons (Fsp3) is 0.350. The summed E-state index contributed by atoms with van der Waals surface area (Å²) in [5, 5.41) is 0. The molecule has 0 unspecified atom stereocenters. The van der Waals surface area contributed by atoms with Crippen LogP contribution in [0.3, 0.4) is 0 Å². The highest BCUT2D eigenvalue weighted by Crippen LogP contribution is 2.35. The molecule has 27 heavy (non-hydrogen) atoms. The minimum Gasteiger partial charge on any atom is -0.564 e. The Balaban J connectivity index is 2.33. The predicted octanol–water partition coefficient (Wildman–Crippen LogP) is 3.32. The maximum Gasteiger partial charge on any atom is 0.366 e. The van der Waals surface area contributed by atoms with Crippen molar-refractivity contribution in [2.24, 2.45) is 0 Å². The second-order valence-corrected chi connectivity index (χ2v) is 6.42. The summed E-state index contributed by atoms with van der Waals surface area (Å²) in [7, 11) is 8.11. The number of esters is 1. The first kappa shape index (κ1) is 20.9. The van der Waals surface area contributed by atoms with Crippen LogP contribution >= 0.6 is 0 Å². The minimum absolute atomic E-state index is 0.0714. The maximum atomic E-state index is 12.4. The predicted molar refractivity (Wildman–Crippen MR) is 106 cm³/mol. The molecular formula is C20H23B2O5. The van der Waals surface area contributed by atoms with E-state index in [0.29, 0.717) is 11.3 Å². The van der Waals surface area contributed by atoms with Crippen LogP contribution < -0.4 is 9.39 Å². The van der Waals surface area contributed by atoms with Gasteiger partial charge in [-0.2, -0.15) is 0 Å². The van der Waals surface area contributed by atoms with Crippen LogP contribution in [0, 0.1) is 0 Å². The standard InChI is InChI=1S/C20H23B2O5/c1-20(2,14-5-8-16(9-6-14)27-22-3)15-7-10-18(24-4)17(13-15)19(23)25-11-12-26-21/h5-10,13H,11-12H2,1-4H3. The summed E-state index contributed by atoms with van der Waals surface area (Å²) in [4.78, 5) is 12.4. The Hall–Kier alpha value is -2.40. The Morgan fingerprint density at radius 3 is 2.33 bits per heavy atom. The van der Waals surface area contributed by atoms with Crippen LogP contribution in [0.25, 0.3) is 0 Å². The molecule has 3 radical (unpaired) electrons. The van der Waals surface area contributed by atoms with Crippen molar-refractivity contribution in [3.63, 3.8) is 0 Å². The number of rotatable bonds is 9. The Morgan fingerprint density at radius 1 is 1.07 bits per heavy atom. The zero-order chi connectivity index (χ0) is 19.9. The van der Waals surface area contributed by atoms with Crippen LogP contribution in [0.4, 0.5) is 0 Å². The fourth-order valence-corrected chi connectivity index (χ4v) is 2.77. The van der Waals surface area contributed by atoms with E-state index >= 15 is 0 Å². The smallest absolute Gasteiger partial charge is 0.366 e. The van der Waals surface area contributed by atoms with E-state index in [0.717, 1.165) is 16.9 Å². The van der Waals surface area contributed by atoms with E-state index in [9.17, 15) is 4.79 Å². The summed E-state index contributed by atoms with van der Waals surface area (Å²) in [5.41, 5.74) is 2.07. The summed E-state index contributed by atoms with van der Waals surface area (Å²) in [6, 6.07) is 13.4. The second-order valence-electron chi connectivity index (χ2n) is 6.42. The lowest BCUT2D eigenvalue weighted by molar-refractivity contribution is 0.0451. The van der Waals surface area contributed by atoms with Gasteiger partial charge in [0.25, 0.3) is 8.05 Å². The Kier molecular flexibility index (Phi) is 7.36. The number of hydrogen-bond donors (Lipinski definition) is 0. The van der Waals surface area contributed by atoms with Gasteiger partial charge in [0.1, 0.15) is 17.9 Å². The van der Waals surface area contributed by atoms with Gasteiger partial charge in [-0.3, -0.25) is 0 Å². The third-order valence-electron chi connectivity index (χ3n) is 4.41. The summed E-state index contributed by atoms with van der Waals surface area (Å²) in [5.74, 6) is 0.748. The van der Waals surface area contributed by atoms with Gasteiger partial charge < -0.3 is 18.8 Å². The SMILES string of the molecule is [B]OCCOC(=O)c1cc(C(C)(C)c2ccc(O[B]C)cc2)ccc1OC. The molecular weight excluding hydrogens is 342 g/mol. The molecule has 0 aliphatic rings. The van der Waals surface area contributed by atoms with Gasteiger partial charge in [-0.05, 0) is 35.4 Å².